The van der Waals surface area contributed by atoms with Crippen molar-refractivity contribution in [1.29, 1.82) is 0 Å². The summed E-state index contributed by atoms with van der Waals surface area (Å²) >= 11 is 0. The molecule has 1 aromatic heterocycles. The van der Waals surface area contributed by atoms with Crippen molar-refractivity contribution in [2.24, 2.45) is 0 Å². The van der Waals surface area contributed by atoms with Crippen LogP contribution in [0.2, 0.25) is 0 Å². The standard InChI is InChI=1S/C13H14N2O2/c1-14-7-4-8-15-10-6-3-2-5-9(10)11(12(14)15)13(16)17/h2-3,5-6H,4,7-8H2,1H3,(H,16,17). The fourth-order valence-corrected chi connectivity index (χ4v) is 2.70. The van der Waals surface area contributed by atoms with Crippen molar-refractivity contribution < 1.29 is 9.90 Å². The van der Waals surface area contributed by atoms with E-state index in [0.717, 1.165) is 36.2 Å². The number of rotatable bonds is 1. The van der Waals surface area contributed by atoms with Crippen molar-refractivity contribution in [3.63, 3.8) is 0 Å². The average Bonchev–Trinajstić information content (AvgIpc) is 2.65. The third-order valence-corrected chi connectivity index (χ3v) is 3.39. The molecule has 2 heterocycles. The molecular weight excluding hydrogens is 216 g/mol. The Hall–Kier alpha value is -1.97. The molecule has 0 atom stereocenters. The molecule has 4 heteroatoms. The minimum atomic E-state index is -0.844. The van der Waals surface area contributed by atoms with Crippen molar-refractivity contribution in [3.05, 3.63) is 29.8 Å². The highest BCUT2D eigenvalue weighted by Crippen LogP contribution is 2.34. The van der Waals surface area contributed by atoms with Crippen LogP contribution in [0.4, 0.5) is 5.82 Å². The lowest BCUT2D eigenvalue weighted by molar-refractivity contribution is 0.0699. The van der Waals surface area contributed by atoms with Gasteiger partial charge in [0.05, 0.1) is 5.52 Å². The average molecular weight is 230 g/mol. The van der Waals surface area contributed by atoms with Gasteiger partial charge in [-0.3, -0.25) is 0 Å². The second kappa shape index (κ2) is 3.52. The molecule has 1 aromatic carbocycles. The summed E-state index contributed by atoms with van der Waals surface area (Å²) in [4.78, 5) is 13.5. The summed E-state index contributed by atoms with van der Waals surface area (Å²) in [5.41, 5.74) is 1.45. The zero-order valence-corrected chi connectivity index (χ0v) is 9.68. The van der Waals surface area contributed by atoms with Gasteiger partial charge in [0.2, 0.25) is 0 Å². The van der Waals surface area contributed by atoms with Gasteiger partial charge in [-0.05, 0) is 12.5 Å². The largest absolute Gasteiger partial charge is 0.478 e. The summed E-state index contributed by atoms with van der Waals surface area (Å²) in [5.74, 6) is -0.00588. The minimum Gasteiger partial charge on any atom is -0.478 e. The van der Waals surface area contributed by atoms with E-state index in [1.807, 2.05) is 36.2 Å². The van der Waals surface area contributed by atoms with Crippen LogP contribution in [0, 0.1) is 0 Å². The Bertz CT molecular complexity index is 601. The molecule has 17 heavy (non-hydrogen) atoms. The van der Waals surface area contributed by atoms with E-state index in [0.29, 0.717) is 5.56 Å². The van der Waals surface area contributed by atoms with Crippen molar-refractivity contribution in [2.45, 2.75) is 13.0 Å². The fraction of sp³-hybridized carbons (Fsp3) is 0.308. The number of carbonyl (C=O) groups is 1. The van der Waals surface area contributed by atoms with Crippen LogP contribution in [-0.2, 0) is 6.54 Å². The summed E-state index contributed by atoms with van der Waals surface area (Å²) in [6, 6.07) is 7.72. The monoisotopic (exact) mass is 230 g/mol. The SMILES string of the molecule is CN1CCCn2c1c(C(=O)O)c1ccccc12. The molecule has 0 bridgehead atoms. The van der Waals surface area contributed by atoms with E-state index in [-0.39, 0.29) is 0 Å². The first-order chi connectivity index (χ1) is 8.20. The summed E-state index contributed by atoms with van der Waals surface area (Å²) in [6.07, 6.45) is 1.06. The zero-order valence-electron chi connectivity index (χ0n) is 9.68. The molecule has 0 amide bonds. The molecule has 4 nitrogen and oxygen atoms in total. The Morgan fingerprint density at radius 3 is 2.82 bits per heavy atom. The van der Waals surface area contributed by atoms with Crippen LogP contribution in [0.3, 0.4) is 0 Å². The molecule has 3 rings (SSSR count). The van der Waals surface area contributed by atoms with E-state index in [1.54, 1.807) is 0 Å². The number of aromatic carboxylic acids is 1. The Balaban J connectivity index is 2.43. The summed E-state index contributed by atoms with van der Waals surface area (Å²) in [5, 5.41) is 10.2. The minimum absolute atomic E-state index is 0.433. The van der Waals surface area contributed by atoms with Crippen LogP contribution in [0.25, 0.3) is 10.9 Å². The van der Waals surface area contributed by atoms with E-state index in [9.17, 15) is 9.90 Å². The van der Waals surface area contributed by atoms with Crippen molar-refractivity contribution in [3.8, 4) is 0 Å². The smallest absolute Gasteiger partial charge is 0.340 e. The topological polar surface area (TPSA) is 45.5 Å². The van der Waals surface area contributed by atoms with E-state index in [1.165, 1.54) is 0 Å². The van der Waals surface area contributed by atoms with Gasteiger partial charge in [-0.1, -0.05) is 18.2 Å². The lowest BCUT2D eigenvalue weighted by Gasteiger charge is -2.27. The molecular formula is C13H14N2O2. The molecule has 0 fully saturated rings. The van der Waals surface area contributed by atoms with E-state index >= 15 is 0 Å². The number of hydrogen-bond acceptors (Lipinski definition) is 2. The molecule has 88 valence electrons. The van der Waals surface area contributed by atoms with Gasteiger partial charge in [0.25, 0.3) is 0 Å². The molecule has 0 spiro atoms. The number of aromatic nitrogens is 1. The van der Waals surface area contributed by atoms with Crippen LogP contribution in [-0.4, -0.2) is 29.2 Å². The van der Waals surface area contributed by atoms with Crippen LogP contribution >= 0.6 is 0 Å². The van der Waals surface area contributed by atoms with E-state index in [4.69, 9.17) is 0 Å². The first-order valence-electron chi connectivity index (χ1n) is 5.76. The zero-order chi connectivity index (χ0) is 12.0. The van der Waals surface area contributed by atoms with Crippen LogP contribution < -0.4 is 4.90 Å². The number of hydrogen-bond donors (Lipinski definition) is 1. The summed E-state index contributed by atoms with van der Waals surface area (Å²) < 4.78 is 2.11. The number of anilines is 1. The maximum absolute atomic E-state index is 11.5. The van der Waals surface area contributed by atoms with Crippen molar-refractivity contribution >= 4 is 22.7 Å². The molecule has 0 aliphatic carbocycles. The summed E-state index contributed by atoms with van der Waals surface area (Å²) in [6.45, 7) is 1.81. The van der Waals surface area contributed by atoms with Crippen LogP contribution in [0.1, 0.15) is 16.8 Å². The van der Waals surface area contributed by atoms with E-state index in [2.05, 4.69) is 4.57 Å². The number of carboxylic acid groups (broad SMARTS) is 1. The Labute approximate surface area is 99.1 Å². The lowest BCUT2D eigenvalue weighted by Crippen LogP contribution is -2.29. The highest BCUT2D eigenvalue weighted by Gasteiger charge is 2.26. The third-order valence-electron chi connectivity index (χ3n) is 3.39. The summed E-state index contributed by atoms with van der Waals surface area (Å²) in [7, 11) is 1.95. The van der Waals surface area contributed by atoms with Gasteiger partial charge in [0, 0.05) is 25.5 Å². The second-order valence-electron chi connectivity index (χ2n) is 4.45. The van der Waals surface area contributed by atoms with E-state index < -0.39 is 5.97 Å². The predicted octanol–water partition coefficient (Wildman–Crippen LogP) is 2.18. The Morgan fingerprint density at radius 1 is 1.29 bits per heavy atom. The molecule has 2 aromatic rings. The fourth-order valence-electron chi connectivity index (χ4n) is 2.70. The van der Waals surface area contributed by atoms with Crippen molar-refractivity contribution in [2.75, 3.05) is 18.5 Å². The highest BCUT2D eigenvalue weighted by atomic mass is 16.4. The number of para-hydroxylation sites is 1. The second-order valence-corrected chi connectivity index (χ2v) is 4.45. The van der Waals surface area contributed by atoms with Gasteiger partial charge in [-0.15, -0.1) is 0 Å². The van der Waals surface area contributed by atoms with Gasteiger partial charge in [-0.25, -0.2) is 4.79 Å². The quantitative estimate of drug-likeness (QED) is 0.816. The maximum Gasteiger partial charge on any atom is 0.340 e. The molecule has 1 aliphatic rings. The number of nitrogens with zero attached hydrogens (tertiary/aromatic N) is 2. The molecule has 0 unspecified atom stereocenters. The van der Waals surface area contributed by atoms with Crippen LogP contribution in [0.15, 0.2) is 24.3 Å². The molecule has 1 aliphatic heterocycles. The number of fused-ring (bicyclic) bond motifs is 3. The molecule has 0 saturated heterocycles. The van der Waals surface area contributed by atoms with Crippen molar-refractivity contribution in [1.82, 2.24) is 4.57 Å². The van der Waals surface area contributed by atoms with Crippen LogP contribution in [0.5, 0.6) is 0 Å². The number of carboxylic acids is 1. The normalized spacial score (nSPS) is 15.0. The third kappa shape index (κ3) is 1.33. The molecule has 1 N–H and O–H groups in total. The van der Waals surface area contributed by atoms with Gasteiger partial charge >= 0.3 is 5.97 Å². The number of aryl methyl sites for hydroxylation is 1. The van der Waals surface area contributed by atoms with Gasteiger partial charge in [-0.2, -0.15) is 0 Å². The van der Waals surface area contributed by atoms with Gasteiger partial charge < -0.3 is 14.6 Å². The molecule has 0 saturated carbocycles. The Kier molecular flexibility index (Phi) is 2.11. The van der Waals surface area contributed by atoms with Gasteiger partial charge in [0.1, 0.15) is 11.4 Å². The number of benzene rings is 1. The Morgan fingerprint density at radius 2 is 2.06 bits per heavy atom. The first kappa shape index (κ1) is 10.2. The highest BCUT2D eigenvalue weighted by molar-refractivity contribution is 6.09. The maximum atomic E-state index is 11.5. The van der Waals surface area contributed by atoms with Gasteiger partial charge in [0.15, 0.2) is 0 Å². The molecule has 0 radical (unpaired) electrons. The predicted molar refractivity (Wildman–Crippen MR) is 66.8 cm³/mol. The first-order valence-corrected chi connectivity index (χ1v) is 5.76. The lowest BCUT2D eigenvalue weighted by atomic mass is 10.1.